The number of hydrogen-bond acceptors (Lipinski definition) is 3. The summed E-state index contributed by atoms with van der Waals surface area (Å²) in [6.45, 7) is 5.45. The zero-order valence-corrected chi connectivity index (χ0v) is 13.2. The van der Waals surface area contributed by atoms with Gasteiger partial charge in [0.15, 0.2) is 0 Å². The van der Waals surface area contributed by atoms with Crippen LogP contribution in [0.3, 0.4) is 0 Å². The molecule has 0 amide bonds. The fourth-order valence-electron chi connectivity index (χ4n) is 0.904. The normalized spacial score (nSPS) is 10.2. The number of carbonyl (C=O) groups excluding carboxylic acids is 1. The molecule has 1 aromatic rings. The molecule has 0 atom stereocenters. The summed E-state index contributed by atoms with van der Waals surface area (Å²) in [7, 11) is 1.59. The summed E-state index contributed by atoms with van der Waals surface area (Å²) in [6.07, 6.45) is 0. The number of carbonyl (C=O) groups is 1. The average Bonchev–Trinajstić information content (AvgIpc) is 2.17. The molecule has 0 unspecified atom stereocenters. The van der Waals surface area contributed by atoms with E-state index >= 15 is 0 Å². The van der Waals surface area contributed by atoms with E-state index < -0.39 is 5.41 Å². The van der Waals surface area contributed by atoms with Crippen molar-refractivity contribution in [1.29, 1.82) is 0 Å². The van der Waals surface area contributed by atoms with Gasteiger partial charge in [-0.3, -0.25) is 4.79 Å². The SMILES string of the molecule is COc1ccc(OC(=O)C(C)(C)C)cc1.[Zn]. The number of hydrogen-bond donors (Lipinski definition) is 0. The summed E-state index contributed by atoms with van der Waals surface area (Å²) in [5.74, 6) is 1.04. The summed E-state index contributed by atoms with van der Waals surface area (Å²) in [4.78, 5) is 11.5. The van der Waals surface area contributed by atoms with Crippen LogP contribution in [0.25, 0.3) is 0 Å². The Morgan fingerprint density at radius 1 is 1.06 bits per heavy atom. The predicted octanol–water partition coefficient (Wildman–Crippen LogP) is 2.64. The number of rotatable bonds is 2. The van der Waals surface area contributed by atoms with Crippen molar-refractivity contribution >= 4 is 5.97 Å². The van der Waals surface area contributed by atoms with Gasteiger partial charge in [-0.15, -0.1) is 0 Å². The van der Waals surface area contributed by atoms with Crippen LogP contribution in [0.15, 0.2) is 24.3 Å². The van der Waals surface area contributed by atoms with Crippen molar-refractivity contribution in [3.63, 3.8) is 0 Å². The minimum atomic E-state index is -0.486. The second kappa shape index (κ2) is 6.00. The zero-order valence-electron chi connectivity index (χ0n) is 10.2. The van der Waals surface area contributed by atoms with Gasteiger partial charge in [-0.05, 0) is 45.0 Å². The van der Waals surface area contributed by atoms with Crippen LogP contribution in [-0.2, 0) is 24.3 Å². The van der Waals surface area contributed by atoms with Crippen molar-refractivity contribution in [3.05, 3.63) is 24.3 Å². The third-order valence-electron chi connectivity index (χ3n) is 1.88. The number of esters is 1. The molecule has 0 N–H and O–H groups in total. The van der Waals surface area contributed by atoms with Gasteiger partial charge in [0.25, 0.3) is 0 Å². The van der Waals surface area contributed by atoms with Gasteiger partial charge in [-0.25, -0.2) is 0 Å². The van der Waals surface area contributed by atoms with Crippen LogP contribution >= 0.6 is 0 Å². The molecule has 0 aliphatic rings. The molecule has 0 aromatic heterocycles. The molecule has 3 nitrogen and oxygen atoms in total. The van der Waals surface area contributed by atoms with E-state index in [1.807, 2.05) is 20.8 Å². The van der Waals surface area contributed by atoms with Crippen molar-refractivity contribution in [1.82, 2.24) is 0 Å². The van der Waals surface area contributed by atoms with Crippen molar-refractivity contribution < 1.29 is 33.7 Å². The van der Waals surface area contributed by atoms with Gasteiger partial charge >= 0.3 is 5.97 Å². The van der Waals surface area contributed by atoms with Gasteiger partial charge in [0, 0.05) is 19.5 Å². The van der Waals surface area contributed by atoms with Crippen LogP contribution in [-0.4, -0.2) is 13.1 Å². The van der Waals surface area contributed by atoms with E-state index in [0.29, 0.717) is 5.75 Å². The topological polar surface area (TPSA) is 35.5 Å². The number of benzene rings is 1. The maximum absolute atomic E-state index is 11.5. The molecule has 1 aromatic carbocycles. The molecule has 4 heteroatoms. The molecular weight excluding hydrogens is 258 g/mol. The van der Waals surface area contributed by atoms with E-state index in [0.717, 1.165) is 5.75 Å². The van der Waals surface area contributed by atoms with Gasteiger partial charge in [0.1, 0.15) is 11.5 Å². The molecule has 0 saturated heterocycles. The van der Waals surface area contributed by atoms with E-state index in [1.165, 1.54) is 0 Å². The predicted molar refractivity (Wildman–Crippen MR) is 58.1 cm³/mol. The van der Waals surface area contributed by atoms with E-state index in [2.05, 4.69) is 0 Å². The molecule has 0 spiro atoms. The maximum Gasteiger partial charge on any atom is 0.316 e. The van der Waals surface area contributed by atoms with E-state index in [9.17, 15) is 4.79 Å². The monoisotopic (exact) mass is 272 g/mol. The number of methoxy groups -OCH3 is 1. The molecule has 0 radical (unpaired) electrons. The average molecular weight is 274 g/mol. The largest absolute Gasteiger partial charge is 0.497 e. The van der Waals surface area contributed by atoms with Crippen molar-refractivity contribution in [2.75, 3.05) is 7.11 Å². The van der Waals surface area contributed by atoms with Crippen molar-refractivity contribution in [2.24, 2.45) is 5.41 Å². The Kier molecular flexibility index (Phi) is 5.67. The molecule has 0 bridgehead atoms. The van der Waals surface area contributed by atoms with Crippen LogP contribution in [0.1, 0.15) is 20.8 Å². The molecule has 0 aliphatic carbocycles. The Bertz CT molecular complexity index is 338. The third kappa shape index (κ3) is 4.32. The first-order valence-electron chi connectivity index (χ1n) is 4.80. The van der Waals surface area contributed by atoms with Crippen LogP contribution < -0.4 is 9.47 Å². The minimum Gasteiger partial charge on any atom is -0.497 e. The fourth-order valence-corrected chi connectivity index (χ4v) is 0.904. The molecular formula is C12H16O3Zn. The second-order valence-corrected chi connectivity index (χ2v) is 4.32. The molecule has 1 rings (SSSR count). The molecule has 0 saturated carbocycles. The van der Waals surface area contributed by atoms with E-state index in [4.69, 9.17) is 9.47 Å². The van der Waals surface area contributed by atoms with Crippen molar-refractivity contribution in [2.45, 2.75) is 20.8 Å². The summed E-state index contributed by atoms with van der Waals surface area (Å²) < 4.78 is 10.2. The summed E-state index contributed by atoms with van der Waals surface area (Å²) in [6, 6.07) is 6.93. The molecule has 0 heterocycles. The summed E-state index contributed by atoms with van der Waals surface area (Å²) >= 11 is 0. The Morgan fingerprint density at radius 3 is 1.88 bits per heavy atom. The zero-order chi connectivity index (χ0) is 11.5. The van der Waals surface area contributed by atoms with Crippen LogP contribution in [0.4, 0.5) is 0 Å². The van der Waals surface area contributed by atoms with Crippen LogP contribution in [0.2, 0.25) is 0 Å². The van der Waals surface area contributed by atoms with Gasteiger partial charge in [-0.2, -0.15) is 0 Å². The molecule has 0 aliphatic heterocycles. The van der Waals surface area contributed by atoms with Gasteiger partial charge in [-0.1, -0.05) is 0 Å². The first kappa shape index (κ1) is 15.1. The minimum absolute atomic E-state index is 0. The Hall–Kier alpha value is -0.887. The van der Waals surface area contributed by atoms with Gasteiger partial charge < -0.3 is 9.47 Å². The van der Waals surface area contributed by atoms with Crippen molar-refractivity contribution in [3.8, 4) is 11.5 Å². The standard InChI is InChI=1S/C12H16O3.Zn/c1-12(2,3)11(13)15-10-7-5-9(14-4)6-8-10;/h5-8H,1-4H3;. The molecule has 84 valence electrons. The van der Waals surface area contributed by atoms with Gasteiger partial charge in [0.2, 0.25) is 0 Å². The van der Waals surface area contributed by atoms with E-state index in [-0.39, 0.29) is 25.4 Å². The quantitative estimate of drug-likeness (QED) is 0.472. The second-order valence-electron chi connectivity index (χ2n) is 4.32. The molecule has 0 fully saturated rings. The third-order valence-corrected chi connectivity index (χ3v) is 1.88. The van der Waals surface area contributed by atoms with Crippen LogP contribution in [0.5, 0.6) is 11.5 Å². The summed E-state index contributed by atoms with van der Waals surface area (Å²) in [5.41, 5.74) is -0.486. The summed E-state index contributed by atoms with van der Waals surface area (Å²) in [5, 5.41) is 0. The molecule has 16 heavy (non-hydrogen) atoms. The maximum atomic E-state index is 11.5. The first-order valence-corrected chi connectivity index (χ1v) is 4.80. The Balaban J connectivity index is 0.00000225. The Labute approximate surface area is 109 Å². The van der Waals surface area contributed by atoms with Crippen LogP contribution in [0, 0.1) is 5.41 Å². The Morgan fingerprint density at radius 2 is 1.50 bits per heavy atom. The fraction of sp³-hybridized carbons (Fsp3) is 0.417. The smallest absolute Gasteiger partial charge is 0.316 e. The van der Waals surface area contributed by atoms with Gasteiger partial charge in [0.05, 0.1) is 12.5 Å². The van der Waals surface area contributed by atoms with E-state index in [1.54, 1.807) is 31.4 Å². The number of ether oxygens (including phenoxy) is 2. The first-order chi connectivity index (χ1) is 6.93.